The van der Waals surface area contributed by atoms with Gasteiger partial charge in [0, 0.05) is 12.5 Å². The summed E-state index contributed by atoms with van der Waals surface area (Å²) in [5.41, 5.74) is 5.23. The first-order valence-corrected chi connectivity index (χ1v) is 6.82. The fourth-order valence-electron chi connectivity index (χ4n) is 0.828. The van der Waals surface area contributed by atoms with Crippen LogP contribution in [0.1, 0.15) is 20.8 Å². The Morgan fingerprint density at radius 2 is 2.00 bits per heavy atom. The van der Waals surface area contributed by atoms with Crippen molar-refractivity contribution in [3.63, 3.8) is 0 Å². The van der Waals surface area contributed by atoms with E-state index < -0.39 is 10.0 Å². The number of amidine groups is 1. The van der Waals surface area contributed by atoms with E-state index in [1.54, 1.807) is 6.92 Å². The van der Waals surface area contributed by atoms with Crippen molar-refractivity contribution in [2.75, 3.05) is 18.9 Å². The van der Waals surface area contributed by atoms with Crippen LogP contribution in [0.15, 0.2) is 0 Å². The number of hydrogen-bond donors (Lipinski definition) is 3. The van der Waals surface area contributed by atoms with Crippen LogP contribution < -0.4 is 10.5 Å². The van der Waals surface area contributed by atoms with Crippen LogP contribution in [0.2, 0.25) is 0 Å². The lowest BCUT2D eigenvalue weighted by Gasteiger charge is -2.12. The predicted octanol–water partition coefficient (Wildman–Crippen LogP) is -0.0971. The number of ether oxygens (including phenoxy) is 1. The number of nitrogens with one attached hydrogen (secondary N) is 2. The SMILES string of the molecule is CC(C)OCCS(=O)(=O)NCC(C)C(=N)N. The van der Waals surface area contributed by atoms with E-state index in [2.05, 4.69) is 4.72 Å². The maximum atomic E-state index is 11.4. The van der Waals surface area contributed by atoms with Gasteiger partial charge in [0.25, 0.3) is 0 Å². The van der Waals surface area contributed by atoms with Gasteiger partial charge in [0.05, 0.1) is 24.3 Å². The third-order valence-electron chi connectivity index (χ3n) is 1.94. The quantitative estimate of drug-likeness (QED) is 0.414. The predicted molar refractivity (Wildman–Crippen MR) is 64.0 cm³/mol. The molecule has 0 saturated carbocycles. The highest BCUT2D eigenvalue weighted by Gasteiger charge is 2.13. The van der Waals surface area contributed by atoms with E-state index in [0.717, 1.165) is 0 Å². The highest BCUT2D eigenvalue weighted by molar-refractivity contribution is 7.89. The molecule has 0 fully saturated rings. The van der Waals surface area contributed by atoms with Crippen LogP contribution >= 0.6 is 0 Å². The fourth-order valence-corrected chi connectivity index (χ4v) is 1.79. The minimum absolute atomic E-state index is 0.0198. The molecular weight excluding hydrogens is 230 g/mol. The summed E-state index contributed by atoms with van der Waals surface area (Å²) in [6, 6.07) is 0. The van der Waals surface area contributed by atoms with Crippen LogP contribution in [-0.4, -0.2) is 39.3 Å². The maximum Gasteiger partial charge on any atom is 0.213 e. The molecule has 0 aromatic heterocycles. The lowest BCUT2D eigenvalue weighted by atomic mass is 10.2. The minimum Gasteiger partial charge on any atom is -0.387 e. The van der Waals surface area contributed by atoms with Crippen molar-refractivity contribution in [1.82, 2.24) is 4.72 Å². The Morgan fingerprint density at radius 3 is 2.44 bits per heavy atom. The van der Waals surface area contributed by atoms with Crippen molar-refractivity contribution in [1.29, 1.82) is 5.41 Å². The van der Waals surface area contributed by atoms with Crippen LogP contribution in [-0.2, 0) is 14.8 Å². The summed E-state index contributed by atoms with van der Waals surface area (Å²) >= 11 is 0. The Kier molecular flexibility index (Phi) is 6.54. The summed E-state index contributed by atoms with van der Waals surface area (Å²) in [7, 11) is -3.33. The summed E-state index contributed by atoms with van der Waals surface area (Å²) in [6.45, 7) is 5.70. The molecule has 0 radical (unpaired) electrons. The fraction of sp³-hybridized carbons (Fsp3) is 0.889. The molecule has 0 heterocycles. The van der Waals surface area contributed by atoms with Crippen LogP contribution in [0.3, 0.4) is 0 Å². The molecule has 0 bridgehead atoms. The van der Waals surface area contributed by atoms with E-state index in [0.29, 0.717) is 0 Å². The molecule has 7 heteroatoms. The summed E-state index contributed by atoms with van der Waals surface area (Å²) in [4.78, 5) is 0. The van der Waals surface area contributed by atoms with E-state index in [4.69, 9.17) is 15.9 Å². The molecule has 6 nitrogen and oxygen atoms in total. The lowest BCUT2D eigenvalue weighted by Crippen LogP contribution is -2.36. The molecule has 0 spiro atoms. The van der Waals surface area contributed by atoms with Gasteiger partial charge in [-0.2, -0.15) is 0 Å². The van der Waals surface area contributed by atoms with Gasteiger partial charge in [-0.1, -0.05) is 6.92 Å². The third-order valence-corrected chi connectivity index (χ3v) is 3.25. The van der Waals surface area contributed by atoms with Crippen molar-refractivity contribution in [3.8, 4) is 0 Å². The zero-order chi connectivity index (χ0) is 12.8. The average Bonchev–Trinajstić information content (AvgIpc) is 2.13. The van der Waals surface area contributed by atoms with E-state index in [9.17, 15) is 8.42 Å². The topological polar surface area (TPSA) is 105 Å². The van der Waals surface area contributed by atoms with Gasteiger partial charge in [-0.25, -0.2) is 13.1 Å². The van der Waals surface area contributed by atoms with Crippen molar-refractivity contribution in [2.45, 2.75) is 26.9 Å². The standard InChI is InChI=1S/C9H21N3O3S/c1-7(2)15-4-5-16(13,14)12-6-8(3)9(10)11/h7-8,12H,4-6H2,1-3H3,(H3,10,11). The van der Waals surface area contributed by atoms with Crippen LogP contribution in [0.5, 0.6) is 0 Å². The first-order chi connectivity index (χ1) is 7.24. The first-order valence-electron chi connectivity index (χ1n) is 5.17. The molecule has 1 atom stereocenters. The number of nitrogens with two attached hydrogens (primary N) is 1. The monoisotopic (exact) mass is 251 g/mol. The van der Waals surface area contributed by atoms with Gasteiger partial charge in [0.15, 0.2) is 0 Å². The van der Waals surface area contributed by atoms with Gasteiger partial charge in [-0.3, -0.25) is 5.41 Å². The zero-order valence-corrected chi connectivity index (χ0v) is 10.8. The molecule has 0 aliphatic carbocycles. The molecule has 0 aromatic rings. The molecule has 1 unspecified atom stereocenters. The van der Waals surface area contributed by atoms with E-state index in [1.165, 1.54) is 0 Å². The van der Waals surface area contributed by atoms with Gasteiger partial charge in [-0.15, -0.1) is 0 Å². The normalized spacial score (nSPS) is 14.0. The summed E-state index contributed by atoms with van der Waals surface area (Å²) < 4.78 is 30.4. The molecule has 0 aromatic carbocycles. The second-order valence-electron chi connectivity index (χ2n) is 3.94. The zero-order valence-electron chi connectivity index (χ0n) is 9.99. The summed E-state index contributed by atoms with van der Waals surface area (Å²) in [5.74, 6) is -0.391. The van der Waals surface area contributed by atoms with E-state index in [-0.39, 0.29) is 36.8 Å². The Bertz CT molecular complexity index is 314. The third kappa shape index (κ3) is 7.61. The maximum absolute atomic E-state index is 11.4. The minimum atomic E-state index is -3.33. The van der Waals surface area contributed by atoms with Gasteiger partial charge in [0.2, 0.25) is 10.0 Å². The van der Waals surface area contributed by atoms with Gasteiger partial charge in [0.1, 0.15) is 0 Å². The van der Waals surface area contributed by atoms with Gasteiger partial charge in [-0.05, 0) is 13.8 Å². The average molecular weight is 251 g/mol. The van der Waals surface area contributed by atoms with Crippen molar-refractivity contribution in [3.05, 3.63) is 0 Å². The summed E-state index contributed by atoms with van der Waals surface area (Å²) in [6.07, 6.45) is 0.0198. The van der Waals surface area contributed by atoms with Crippen LogP contribution in [0.25, 0.3) is 0 Å². The Hall–Kier alpha value is -0.660. The Labute approximate surface area is 97.1 Å². The molecule has 0 aliphatic heterocycles. The highest BCUT2D eigenvalue weighted by Crippen LogP contribution is 1.94. The second-order valence-corrected chi connectivity index (χ2v) is 5.87. The molecule has 96 valence electrons. The van der Waals surface area contributed by atoms with E-state index in [1.807, 2.05) is 13.8 Å². The molecule has 0 saturated heterocycles. The molecule has 4 N–H and O–H groups in total. The number of rotatable bonds is 8. The Balaban J connectivity index is 3.92. The van der Waals surface area contributed by atoms with E-state index >= 15 is 0 Å². The Morgan fingerprint density at radius 1 is 1.44 bits per heavy atom. The summed E-state index contributed by atoms with van der Waals surface area (Å²) in [5, 5.41) is 7.12. The van der Waals surface area contributed by atoms with Gasteiger partial charge >= 0.3 is 0 Å². The molecule has 16 heavy (non-hydrogen) atoms. The smallest absolute Gasteiger partial charge is 0.213 e. The molecule has 0 aliphatic rings. The highest BCUT2D eigenvalue weighted by atomic mass is 32.2. The van der Waals surface area contributed by atoms with Crippen LogP contribution in [0, 0.1) is 11.3 Å². The molecular formula is C9H21N3O3S. The number of sulfonamides is 1. The van der Waals surface area contributed by atoms with Crippen molar-refractivity contribution in [2.24, 2.45) is 11.7 Å². The first kappa shape index (κ1) is 15.3. The molecule has 0 amide bonds. The second kappa shape index (κ2) is 6.82. The molecule has 0 rings (SSSR count). The number of hydrogen-bond acceptors (Lipinski definition) is 4. The lowest BCUT2D eigenvalue weighted by molar-refractivity contribution is 0.0911. The van der Waals surface area contributed by atoms with Gasteiger partial charge < -0.3 is 10.5 Å². The van der Waals surface area contributed by atoms with Crippen molar-refractivity contribution < 1.29 is 13.2 Å². The van der Waals surface area contributed by atoms with Crippen molar-refractivity contribution >= 4 is 15.9 Å². The van der Waals surface area contributed by atoms with Crippen LogP contribution in [0.4, 0.5) is 0 Å². The largest absolute Gasteiger partial charge is 0.387 e.